The van der Waals surface area contributed by atoms with Crippen LogP contribution in [-0.2, 0) is 22.5 Å². The maximum absolute atomic E-state index is 12.6. The Morgan fingerprint density at radius 2 is 1.84 bits per heavy atom. The van der Waals surface area contributed by atoms with Gasteiger partial charge in [-0.3, -0.25) is 4.79 Å². The molecule has 0 saturated carbocycles. The predicted octanol–water partition coefficient (Wildman–Crippen LogP) is 3.93. The molecule has 2 heterocycles. The van der Waals surface area contributed by atoms with E-state index in [-0.39, 0.29) is 5.91 Å². The fourth-order valence-corrected chi connectivity index (χ4v) is 4.20. The third-order valence-corrected chi connectivity index (χ3v) is 6.16. The molecular weight excluding hydrogens is 390 g/mol. The first-order chi connectivity index (χ1) is 15.2. The lowest BCUT2D eigenvalue weighted by molar-refractivity contribution is -0.131. The molecule has 164 valence electrons. The molecule has 31 heavy (non-hydrogen) atoms. The Kier molecular flexibility index (Phi) is 7.20. The summed E-state index contributed by atoms with van der Waals surface area (Å²) in [5.41, 5.74) is 3.21. The molecule has 6 heteroatoms. The number of amides is 1. The molecule has 1 fully saturated rings. The Morgan fingerprint density at radius 3 is 2.61 bits per heavy atom. The minimum absolute atomic E-state index is 0.215. The van der Waals surface area contributed by atoms with Crippen molar-refractivity contribution < 1.29 is 14.3 Å². The van der Waals surface area contributed by atoms with Crippen LogP contribution in [0.2, 0.25) is 0 Å². The number of fused-ring (bicyclic) bond motifs is 1. The fourth-order valence-electron chi connectivity index (χ4n) is 4.20. The van der Waals surface area contributed by atoms with E-state index in [0.29, 0.717) is 18.9 Å². The standard InChI is InChI=1S/C25H31N3O3/c1-30-22-8-6-21(7-9-22)18-25(29)27-13-10-20(11-14-27)12-16-31-17-15-28-19-26-23-4-2-3-5-24(23)28/h2-9,19-20H,10-18H2,1H3. The highest BCUT2D eigenvalue weighted by Gasteiger charge is 2.22. The van der Waals surface area contributed by atoms with Gasteiger partial charge in [0.1, 0.15) is 5.75 Å². The molecule has 1 aliphatic rings. The maximum Gasteiger partial charge on any atom is 0.226 e. The number of hydrogen-bond acceptors (Lipinski definition) is 4. The smallest absolute Gasteiger partial charge is 0.226 e. The molecule has 6 nitrogen and oxygen atoms in total. The van der Waals surface area contributed by atoms with Crippen LogP contribution in [0.4, 0.5) is 0 Å². The van der Waals surface area contributed by atoms with Gasteiger partial charge in [0.05, 0.1) is 37.5 Å². The Morgan fingerprint density at radius 1 is 1.06 bits per heavy atom. The number of rotatable bonds is 9. The van der Waals surface area contributed by atoms with Gasteiger partial charge in [-0.25, -0.2) is 4.98 Å². The summed E-state index contributed by atoms with van der Waals surface area (Å²) in [5.74, 6) is 1.67. The van der Waals surface area contributed by atoms with Gasteiger partial charge in [0.2, 0.25) is 5.91 Å². The average molecular weight is 422 g/mol. The van der Waals surface area contributed by atoms with Crippen LogP contribution in [0.1, 0.15) is 24.8 Å². The minimum atomic E-state index is 0.215. The van der Waals surface area contributed by atoms with Crippen LogP contribution >= 0.6 is 0 Å². The number of nitrogens with zero attached hydrogens (tertiary/aromatic N) is 3. The second-order valence-electron chi connectivity index (χ2n) is 8.18. The van der Waals surface area contributed by atoms with Gasteiger partial charge in [0, 0.05) is 26.2 Å². The van der Waals surface area contributed by atoms with Crippen molar-refractivity contribution in [2.45, 2.75) is 32.2 Å². The van der Waals surface area contributed by atoms with E-state index in [1.165, 1.54) is 0 Å². The summed E-state index contributed by atoms with van der Waals surface area (Å²) in [6.45, 7) is 3.98. The Labute approximate surface area is 183 Å². The van der Waals surface area contributed by atoms with Crippen molar-refractivity contribution in [2.24, 2.45) is 5.92 Å². The normalized spacial score (nSPS) is 14.8. The van der Waals surface area contributed by atoms with E-state index in [1.807, 2.05) is 53.7 Å². The maximum atomic E-state index is 12.6. The summed E-state index contributed by atoms with van der Waals surface area (Å²) < 4.78 is 13.2. The molecule has 0 radical (unpaired) electrons. The highest BCUT2D eigenvalue weighted by atomic mass is 16.5. The SMILES string of the molecule is COc1ccc(CC(=O)N2CCC(CCOCCn3cnc4ccccc43)CC2)cc1. The van der Waals surface area contributed by atoms with Gasteiger partial charge >= 0.3 is 0 Å². The van der Waals surface area contributed by atoms with Gasteiger partial charge in [-0.05, 0) is 55.0 Å². The molecule has 0 spiro atoms. The third kappa shape index (κ3) is 5.64. The van der Waals surface area contributed by atoms with Gasteiger partial charge in [-0.1, -0.05) is 24.3 Å². The number of imidazole rings is 1. The third-order valence-electron chi connectivity index (χ3n) is 6.16. The lowest BCUT2D eigenvalue weighted by Crippen LogP contribution is -2.39. The topological polar surface area (TPSA) is 56.6 Å². The number of benzene rings is 2. The van der Waals surface area contributed by atoms with Crippen molar-refractivity contribution in [1.82, 2.24) is 14.5 Å². The average Bonchev–Trinajstić information content (AvgIpc) is 3.23. The minimum Gasteiger partial charge on any atom is -0.497 e. The van der Waals surface area contributed by atoms with E-state index in [9.17, 15) is 4.79 Å². The van der Waals surface area contributed by atoms with Crippen LogP contribution in [0.5, 0.6) is 5.75 Å². The van der Waals surface area contributed by atoms with E-state index in [1.54, 1.807) is 7.11 Å². The summed E-state index contributed by atoms with van der Waals surface area (Å²) >= 11 is 0. The highest BCUT2D eigenvalue weighted by Crippen LogP contribution is 2.21. The number of aromatic nitrogens is 2. The molecular formula is C25H31N3O3. The molecule has 0 N–H and O–H groups in total. The van der Waals surface area contributed by atoms with Gasteiger partial charge < -0.3 is 18.9 Å². The number of ether oxygens (including phenoxy) is 2. The van der Waals surface area contributed by atoms with Crippen LogP contribution in [-0.4, -0.2) is 53.8 Å². The molecule has 2 aromatic carbocycles. The molecule has 0 aliphatic carbocycles. The molecule has 0 unspecified atom stereocenters. The number of piperidine rings is 1. The molecule has 3 aromatic rings. The number of carbonyl (C=O) groups excluding carboxylic acids is 1. The molecule has 1 saturated heterocycles. The zero-order chi connectivity index (χ0) is 21.5. The van der Waals surface area contributed by atoms with Crippen LogP contribution < -0.4 is 4.74 Å². The number of para-hydroxylation sites is 2. The van der Waals surface area contributed by atoms with Crippen LogP contribution in [0.3, 0.4) is 0 Å². The molecule has 4 rings (SSSR count). The zero-order valence-electron chi connectivity index (χ0n) is 18.2. The number of methoxy groups -OCH3 is 1. The van der Waals surface area contributed by atoms with E-state index < -0.39 is 0 Å². The lowest BCUT2D eigenvalue weighted by Gasteiger charge is -2.32. The Hall–Kier alpha value is -2.86. The van der Waals surface area contributed by atoms with E-state index >= 15 is 0 Å². The number of likely N-dealkylation sites (tertiary alicyclic amines) is 1. The van der Waals surface area contributed by atoms with Gasteiger partial charge in [0.15, 0.2) is 0 Å². The Balaban J connectivity index is 1.12. The summed E-state index contributed by atoms with van der Waals surface area (Å²) in [7, 11) is 1.65. The van der Waals surface area contributed by atoms with Crippen molar-refractivity contribution in [3.63, 3.8) is 0 Å². The number of hydrogen-bond donors (Lipinski definition) is 0. The van der Waals surface area contributed by atoms with Gasteiger partial charge in [-0.2, -0.15) is 0 Å². The molecule has 1 amide bonds. The second kappa shape index (κ2) is 10.4. The summed E-state index contributed by atoms with van der Waals surface area (Å²) in [5, 5.41) is 0. The van der Waals surface area contributed by atoms with Crippen LogP contribution in [0, 0.1) is 5.92 Å². The highest BCUT2D eigenvalue weighted by molar-refractivity contribution is 5.79. The largest absolute Gasteiger partial charge is 0.497 e. The monoisotopic (exact) mass is 421 g/mol. The molecule has 1 aliphatic heterocycles. The van der Waals surface area contributed by atoms with Gasteiger partial charge in [0.25, 0.3) is 0 Å². The Bertz CT molecular complexity index is 975. The first kappa shape index (κ1) is 21.4. The van der Waals surface area contributed by atoms with Crippen LogP contribution in [0.15, 0.2) is 54.9 Å². The number of carbonyl (C=O) groups is 1. The first-order valence-electron chi connectivity index (χ1n) is 11.1. The summed E-state index contributed by atoms with van der Waals surface area (Å²) in [6.07, 6.45) is 5.52. The molecule has 0 bridgehead atoms. The molecule has 1 aromatic heterocycles. The van der Waals surface area contributed by atoms with Crippen molar-refractivity contribution in [3.05, 3.63) is 60.4 Å². The fraction of sp³-hybridized carbons (Fsp3) is 0.440. The first-order valence-corrected chi connectivity index (χ1v) is 11.1. The summed E-state index contributed by atoms with van der Waals surface area (Å²) in [4.78, 5) is 19.0. The van der Waals surface area contributed by atoms with Crippen molar-refractivity contribution in [2.75, 3.05) is 33.4 Å². The lowest BCUT2D eigenvalue weighted by atomic mass is 9.93. The zero-order valence-corrected chi connectivity index (χ0v) is 18.2. The van der Waals surface area contributed by atoms with Crippen molar-refractivity contribution >= 4 is 16.9 Å². The summed E-state index contributed by atoms with van der Waals surface area (Å²) in [6, 6.07) is 15.9. The molecule has 0 atom stereocenters. The van der Waals surface area contributed by atoms with Crippen molar-refractivity contribution in [1.29, 1.82) is 0 Å². The van der Waals surface area contributed by atoms with Crippen LogP contribution in [0.25, 0.3) is 11.0 Å². The van der Waals surface area contributed by atoms with Crippen molar-refractivity contribution in [3.8, 4) is 5.75 Å². The van der Waals surface area contributed by atoms with Gasteiger partial charge in [-0.15, -0.1) is 0 Å². The predicted molar refractivity (Wildman–Crippen MR) is 121 cm³/mol. The second-order valence-corrected chi connectivity index (χ2v) is 8.18. The quantitative estimate of drug-likeness (QED) is 0.491. The van der Waals surface area contributed by atoms with E-state index in [0.717, 1.165) is 67.8 Å². The van der Waals surface area contributed by atoms with E-state index in [4.69, 9.17) is 9.47 Å². The van der Waals surface area contributed by atoms with E-state index in [2.05, 4.69) is 15.6 Å².